The van der Waals surface area contributed by atoms with Crippen LogP contribution in [0.3, 0.4) is 0 Å². The van der Waals surface area contributed by atoms with Crippen LogP contribution in [0.2, 0.25) is 0 Å². The van der Waals surface area contributed by atoms with Crippen LogP contribution in [0.4, 0.5) is 0 Å². The van der Waals surface area contributed by atoms with E-state index in [1.54, 1.807) is 0 Å². The van der Waals surface area contributed by atoms with Crippen LogP contribution in [0.1, 0.15) is 65.2 Å². The highest BCUT2D eigenvalue weighted by Gasteiger charge is 2.18. The molecule has 1 rings (SSSR count). The summed E-state index contributed by atoms with van der Waals surface area (Å²) in [4.78, 5) is 0. The molecule has 19 heavy (non-hydrogen) atoms. The number of rotatable bonds is 9. The molecule has 108 valence electrons. The number of hydrogen-bond acceptors (Lipinski definition) is 2. The van der Waals surface area contributed by atoms with E-state index in [0.29, 0.717) is 0 Å². The van der Waals surface area contributed by atoms with Crippen molar-refractivity contribution in [3.63, 3.8) is 0 Å². The zero-order chi connectivity index (χ0) is 14.1. The first-order valence-corrected chi connectivity index (χ1v) is 7.53. The van der Waals surface area contributed by atoms with E-state index in [1.807, 2.05) is 18.2 Å². The first-order valence-electron chi connectivity index (χ1n) is 7.53. The van der Waals surface area contributed by atoms with Gasteiger partial charge in [0, 0.05) is 5.56 Å². The predicted octanol–water partition coefficient (Wildman–Crippen LogP) is 5.10. The van der Waals surface area contributed by atoms with Gasteiger partial charge < -0.3 is 9.47 Å². The Hall–Kier alpha value is -0.860. The lowest BCUT2D eigenvalue weighted by molar-refractivity contribution is -0.194. The van der Waals surface area contributed by atoms with Crippen molar-refractivity contribution in [2.45, 2.75) is 71.9 Å². The van der Waals surface area contributed by atoms with E-state index in [4.69, 9.17) is 9.47 Å². The van der Waals surface area contributed by atoms with Crippen LogP contribution in [-0.2, 0) is 9.47 Å². The Balaban J connectivity index is 2.67. The molecule has 0 saturated carbocycles. The zero-order valence-corrected chi connectivity index (χ0v) is 12.8. The summed E-state index contributed by atoms with van der Waals surface area (Å²) in [6, 6.07) is 10.2. The Kier molecular flexibility index (Phi) is 7.76. The molecule has 0 heterocycles. The van der Waals surface area contributed by atoms with Crippen LogP contribution in [0.5, 0.6) is 0 Å². The monoisotopic (exact) mass is 264 g/mol. The topological polar surface area (TPSA) is 18.5 Å². The largest absolute Gasteiger partial charge is 0.345 e. The van der Waals surface area contributed by atoms with Gasteiger partial charge in [-0.05, 0) is 26.7 Å². The van der Waals surface area contributed by atoms with Gasteiger partial charge in [0.05, 0.1) is 12.2 Å². The summed E-state index contributed by atoms with van der Waals surface area (Å²) < 4.78 is 12.1. The van der Waals surface area contributed by atoms with E-state index < -0.39 is 0 Å². The highest BCUT2D eigenvalue weighted by Crippen LogP contribution is 2.24. The molecule has 2 unspecified atom stereocenters. The first-order chi connectivity index (χ1) is 9.17. The van der Waals surface area contributed by atoms with E-state index in [1.165, 1.54) is 0 Å². The third-order valence-corrected chi connectivity index (χ3v) is 3.17. The van der Waals surface area contributed by atoms with Crippen molar-refractivity contribution in [1.82, 2.24) is 0 Å². The van der Waals surface area contributed by atoms with E-state index in [2.05, 4.69) is 39.8 Å². The van der Waals surface area contributed by atoms with Gasteiger partial charge in [0.1, 0.15) is 0 Å². The average molecular weight is 264 g/mol. The highest BCUT2D eigenvalue weighted by atomic mass is 16.7. The Morgan fingerprint density at radius 3 is 1.74 bits per heavy atom. The summed E-state index contributed by atoms with van der Waals surface area (Å²) in [6.45, 7) is 8.59. The van der Waals surface area contributed by atoms with Gasteiger partial charge >= 0.3 is 0 Å². The second-order valence-corrected chi connectivity index (χ2v) is 5.21. The zero-order valence-electron chi connectivity index (χ0n) is 12.8. The second kappa shape index (κ2) is 9.11. The summed E-state index contributed by atoms with van der Waals surface area (Å²) in [5, 5.41) is 0. The molecule has 0 aliphatic carbocycles. The summed E-state index contributed by atoms with van der Waals surface area (Å²) >= 11 is 0. The Bertz CT molecular complexity index is 309. The van der Waals surface area contributed by atoms with Gasteiger partial charge in [-0.3, -0.25) is 0 Å². The third kappa shape index (κ3) is 6.22. The minimum atomic E-state index is -0.246. The van der Waals surface area contributed by atoms with Crippen molar-refractivity contribution in [3.05, 3.63) is 35.9 Å². The predicted molar refractivity (Wildman–Crippen MR) is 80.1 cm³/mol. The van der Waals surface area contributed by atoms with Crippen molar-refractivity contribution in [2.75, 3.05) is 0 Å². The maximum atomic E-state index is 6.07. The van der Waals surface area contributed by atoms with Crippen molar-refractivity contribution in [2.24, 2.45) is 0 Å². The Labute approximate surface area is 118 Å². The van der Waals surface area contributed by atoms with E-state index in [-0.39, 0.29) is 18.5 Å². The molecular formula is C17H28O2. The average Bonchev–Trinajstić information content (AvgIpc) is 2.39. The first kappa shape index (κ1) is 16.2. The van der Waals surface area contributed by atoms with Gasteiger partial charge in [-0.25, -0.2) is 0 Å². The third-order valence-electron chi connectivity index (χ3n) is 3.17. The van der Waals surface area contributed by atoms with Crippen LogP contribution in [-0.4, -0.2) is 12.2 Å². The minimum Gasteiger partial charge on any atom is -0.345 e. The van der Waals surface area contributed by atoms with Crippen LogP contribution < -0.4 is 0 Å². The van der Waals surface area contributed by atoms with E-state index >= 15 is 0 Å². The molecule has 0 aliphatic rings. The molecule has 1 aromatic carbocycles. The van der Waals surface area contributed by atoms with Crippen molar-refractivity contribution in [3.8, 4) is 0 Å². The number of benzene rings is 1. The molecule has 0 bridgehead atoms. The van der Waals surface area contributed by atoms with Crippen LogP contribution in [0.25, 0.3) is 0 Å². The fourth-order valence-electron chi connectivity index (χ4n) is 2.17. The molecule has 0 aliphatic heterocycles. The SMILES string of the molecule is CCCC(C)OC(OC(C)CCC)c1ccccc1. The quantitative estimate of drug-likeness (QED) is 0.578. The maximum Gasteiger partial charge on any atom is 0.184 e. The van der Waals surface area contributed by atoms with Gasteiger partial charge in [0.15, 0.2) is 6.29 Å². The lowest BCUT2D eigenvalue weighted by Crippen LogP contribution is -2.20. The molecule has 0 fully saturated rings. The van der Waals surface area contributed by atoms with Crippen LogP contribution in [0.15, 0.2) is 30.3 Å². The Morgan fingerprint density at radius 1 is 0.842 bits per heavy atom. The van der Waals surface area contributed by atoms with Gasteiger partial charge in [0.2, 0.25) is 0 Å². The lowest BCUT2D eigenvalue weighted by Gasteiger charge is -2.26. The molecule has 1 aromatic rings. The van der Waals surface area contributed by atoms with Gasteiger partial charge in [-0.2, -0.15) is 0 Å². The molecule has 2 heteroatoms. The van der Waals surface area contributed by atoms with E-state index in [0.717, 1.165) is 31.2 Å². The van der Waals surface area contributed by atoms with Gasteiger partial charge in [0.25, 0.3) is 0 Å². The van der Waals surface area contributed by atoms with Gasteiger partial charge in [-0.1, -0.05) is 57.0 Å². The molecule has 0 saturated heterocycles. The molecular weight excluding hydrogens is 236 g/mol. The molecule has 0 amide bonds. The standard InChI is InChI=1S/C17H28O2/c1-5-10-14(3)18-17(19-15(4)11-6-2)16-12-8-7-9-13-16/h7-9,12-15,17H,5-6,10-11H2,1-4H3. The van der Waals surface area contributed by atoms with Crippen LogP contribution in [0, 0.1) is 0 Å². The molecule has 2 nitrogen and oxygen atoms in total. The van der Waals surface area contributed by atoms with Crippen molar-refractivity contribution < 1.29 is 9.47 Å². The summed E-state index contributed by atoms with van der Waals surface area (Å²) in [6.07, 6.45) is 4.60. The maximum absolute atomic E-state index is 6.07. The Morgan fingerprint density at radius 2 is 1.32 bits per heavy atom. The molecule has 0 spiro atoms. The smallest absolute Gasteiger partial charge is 0.184 e. The fourth-order valence-corrected chi connectivity index (χ4v) is 2.17. The highest BCUT2D eigenvalue weighted by molar-refractivity contribution is 5.16. The summed E-state index contributed by atoms with van der Waals surface area (Å²) in [5.41, 5.74) is 1.11. The number of ether oxygens (including phenoxy) is 2. The summed E-state index contributed by atoms with van der Waals surface area (Å²) in [5.74, 6) is 0. The van der Waals surface area contributed by atoms with Crippen LogP contribution >= 0.6 is 0 Å². The molecule has 0 radical (unpaired) electrons. The molecule has 2 atom stereocenters. The second-order valence-electron chi connectivity index (χ2n) is 5.21. The molecule has 0 N–H and O–H groups in total. The van der Waals surface area contributed by atoms with Gasteiger partial charge in [-0.15, -0.1) is 0 Å². The summed E-state index contributed by atoms with van der Waals surface area (Å²) in [7, 11) is 0. The fraction of sp³-hybridized carbons (Fsp3) is 0.647. The van der Waals surface area contributed by atoms with Crippen molar-refractivity contribution >= 4 is 0 Å². The minimum absolute atomic E-state index is 0.226. The number of hydrogen-bond donors (Lipinski definition) is 0. The normalized spacial score (nSPS) is 16.0. The van der Waals surface area contributed by atoms with Crippen molar-refractivity contribution in [1.29, 1.82) is 0 Å². The van der Waals surface area contributed by atoms with E-state index in [9.17, 15) is 0 Å². The lowest BCUT2D eigenvalue weighted by atomic mass is 10.2. The molecule has 0 aromatic heterocycles.